The number of amides is 1. The maximum atomic E-state index is 13.5. The van der Waals surface area contributed by atoms with Crippen LogP contribution in [-0.4, -0.2) is 11.0 Å². The standard InChI is InChI=1S/C24H17NO4/c1-14-7-12-19-18(13-14)22(27)20-21(15-8-10-17(26)11-9-15)25(24(28)23(20)29-19)16-5-3-2-4-6-16/h2-13,21,26H,1H3. The zero-order valence-electron chi connectivity index (χ0n) is 15.6. The number of aromatic hydroxyl groups is 1. The lowest BCUT2D eigenvalue weighted by Gasteiger charge is -2.25. The predicted octanol–water partition coefficient (Wildman–Crippen LogP) is 4.56. The molecule has 0 fully saturated rings. The molecular formula is C24H17NO4. The van der Waals surface area contributed by atoms with Crippen LogP contribution in [0.15, 0.2) is 82.0 Å². The Morgan fingerprint density at radius 2 is 1.66 bits per heavy atom. The summed E-state index contributed by atoms with van der Waals surface area (Å²) in [6.45, 7) is 1.91. The number of rotatable bonds is 2. The highest BCUT2D eigenvalue weighted by molar-refractivity contribution is 6.10. The third kappa shape index (κ3) is 2.63. The van der Waals surface area contributed by atoms with E-state index in [0.29, 0.717) is 22.2 Å². The van der Waals surface area contributed by atoms with E-state index in [1.807, 2.05) is 43.3 Å². The van der Waals surface area contributed by atoms with Gasteiger partial charge < -0.3 is 9.52 Å². The monoisotopic (exact) mass is 383 g/mol. The third-order valence-electron chi connectivity index (χ3n) is 5.27. The van der Waals surface area contributed by atoms with Crippen LogP contribution in [0.2, 0.25) is 0 Å². The second-order valence-corrected chi connectivity index (χ2v) is 7.18. The van der Waals surface area contributed by atoms with Crippen molar-refractivity contribution < 1.29 is 14.3 Å². The van der Waals surface area contributed by atoms with Crippen LogP contribution in [0.5, 0.6) is 5.75 Å². The first-order valence-corrected chi connectivity index (χ1v) is 9.29. The molecule has 0 spiro atoms. The summed E-state index contributed by atoms with van der Waals surface area (Å²) in [7, 11) is 0. The molecule has 0 radical (unpaired) electrons. The molecule has 3 aromatic carbocycles. The highest BCUT2D eigenvalue weighted by Crippen LogP contribution is 2.41. The highest BCUT2D eigenvalue weighted by atomic mass is 16.3. The number of hydrogen-bond acceptors (Lipinski definition) is 4. The van der Waals surface area contributed by atoms with Crippen molar-refractivity contribution >= 4 is 22.6 Å². The second-order valence-electron chi connectivity index (χ2n) is 7.18. The molecule has 0 saturated carbocycles. The SMILES string of the molecule is Cc1ccc2oc3c(c(=O)c2c1)C(c1ccc(O)cc1)N(c1ccccc1)C3=O. The van der Waals surface area contributed by atoms with Crippen LogP contribution in [0.25, 0.3) is 11.0 Å². The average Bonchev–Trinajstić information content (AvgIpc) is 3.03. The number of phenols is 1. The van der Waals surface area contributed by atoms with Gasteiger partial charge in [0.15, 0.2) is 5.43 Å². The van der Waals surface area contributed by atoms with Gasteiger partial charge in [0.2, 0.25) is 5.76 Å². The molecule has 0 aliphatic carbocycles. The Hall–Kier alpha value is -3.86. The normalized spacial score (nSPS) is 15.7. The number of para-hydroxylation sites is 1. The van der Waals surface area contributed by atoms with Crippen molar-refractivity contribution in [3.8, 4) is 5.75 Å². The summed E-state index contributed by atoms with van der Waals surface area (Å²) in [5, 5.41) is 10.1. The van der Waals surface area contributed by atoms with Crippen LogP contribution >= 0.6 is 0 Å². The van der Waals surface area contributed by atoms with Crippen molar-refractivity contribution in [2.24, 2.45) is 0 Å². The van der Waals surface area contributed by atoms with Gasteiger partial charge in [-0.3, -0.25) is 14.5 Å². The van der Waals surface area contributed by atoms with E-state index in [4.69, 9.17) is 4.42 Å². The number of hydrogen-bond donors (Lipinski definition) is 1. The molecule has 1 aromatic heterocycles. The quantitative estimate of drug-likeness (QED) is 0.551. The first-order chi connectivity index (χ1) is 14.0. The van der Waals surface area contributed by atoms with E-state index >= 15 is 0 Å². The number of aryl methyl sites for hydroxylation is 1. The van der Waals surface area contributed by atoms with Crippen LogP contribution < -0.4 is 10.3 Å². The first-order valence-electron chi connectivity index (χ1n) is 9.29. The number of carbonyl (C=O) groups excluding carboxylic acids is 1. The van der Waals surface area contributed by atoms with E-state index in [9.17, 15) is 14.7 Å². The largest absolute Gasteiger partial charge is 0.508 e. The summed E-state index contributed by atoms with van der Waals surface area (Å²) in [6, 6.07) is 20.5. The van der Waals surface area contributed by atoms with Crippen molar-refractivity contribution in [2.75, 3.05) is 4.90 Å². The Balaban J connectivity index is 1.83. The summed E-state index contributed by atoms with van der Waals surface area (Å²) in [6.07, 6.45) is 0. The molecule has 1 aliphatic rings. The minimum absolute atomic E-state index is 0.0632. The number of fused-ring (bicyclic) bond motifs is 2. The van der Waals surface area contributed by atoms with Gasteiger partial charge in [-0.1, -0.05) is 42.0 Å². The van der Waals surface area contributed by atoms with Gasteiger partial charge in [-0.15, -0.1) is 0 Å². The Bertz CT molecular complexity index is 1310. The molecular weight excluding hydrogens is 366 g/mol. The van der Waals surface area contributed by atoms with Crippen LogP contribution in [0, 0.1) is 6.92 Å². The molecule has 0 saturated heterocycles. The Kier molecular flexibility index (Phi) is 3.77. The fourth-order valence-electron chi connectivity index (χ4n) is 3.91. The lowest BCUT2D eigenvalue weighted by atomic mass is 9.98. The van der Waals surface area contributed by atoms with E-state index in [1.165, 1.54) is 0 Å². The fourth-order valence-corrected chi connectivity index (χ4v) is 3.91. The maximum absolute atomic E-state index is 13.5. The van der Waals surface area contributed by atoms with Gasteiger partial charge >= 0.3 is 0 Å². The predicted molar refractivity (Wildman–Crippen MR) is 110 cm³/mol. The number of carbonyl (C=O) groups is 1. The smallest absolute Gasteiger partial charge is 0.295 e. The second kappa shape index (κ2) is 6.34. The van der Waals surface area contributed by atoms with Crippen LogP contribution in [0.4, 0.5) is 5.69 Å². The lowest BCUT2D eigenvalue weighted by Crippen LogP contribution is -2.29. The molecule has 5 rings (SSSR count). The average molecular weight is 383 g/mol. The zero-order chi connectivity index (χ0) is 20.1. The Morgan fingerprint density at radius 1 is 0.931 bits per heavy atom. The van der Waals surface area contributed by atoms with E-state index < -0.39 is 6.04 Å². The molecule has 4 aromatic rings. The molecule has 1 unspecified atom stereocenters. The first kappa shape index (κ1) is 17.3. The van der Waals surface area contributed by atoms with Crippen molar-refractivity contribution in [3.05, 3.63) is 105 Å². The van der Waals surface area contributed by atoms with Gasteiger partial charge in [-0.2, -0.15) is 0 Å². The third-order valence-corrected chi connectivity index (χ3v) is 5.27. The fraction of sp³-hybridized carbons (Fsp3) is 0.0833. The van der Waals surface area contributed by atoms with Crippen molar-refractivity contribution in [3.63, 3.8) is 0 Å². The maximum Gasteiger partial charge on any atom is 0.295 e. The van der Waals surface area contributed by atoms with Gasteiger partial charge in [0.25, 0.3) is 5.91 Å². The molecule has 0 bridgehead atoms. The van der Waals surface area contributed by atoms with Crippen molar-refractivity contribution in [1.82, 2.24) is 0 Å². The summed E-state index contributed by atoms with van der Waals surface area (Å²) in [5.74, 6) is -0.178. The minimum Gasteiger partial charge on any atom is -0.508 e. The number of benzene rings is 3. The summed E-state index contributed by atoms with van der Waals surface area (Å²) in [5.41, 5.74) is 2.83. The number of phenolic OH excluding ortho intramolecular Hbond substituents is 1. The van der Waals surface area contributed by atoms with Gasteiger partial charge in [-0.05, 0) is 48.9 Å². The van der Waals surface area contributed by atoms with E-state index in [1.54, 1.807) is 41.3 Å². The topological polar surface area (TPSA) is 70.8 Å². The Morgan fingerprint density at radius 3 is 2.38 bits per heavy atom. The van der Waals surface area contributed by atoms with Crippen LogP contribution in [0.1, 0.15) is 33.3 Å². The summed E-state index contributed by atoms with van der Waals surface area (Å²) >= 11 is 0. The van der Waals surface area contributed by atoms with Crippen LogP contribution in [-0.2, 0) is 0 Å². The molecule has 142 valence electrons. The van der Waals surface area contributed by atoms with Crippen molar-refractivity contribution in [1.29, 1.82) is 0 Å². The van der Waals surface area contributed by atoms with Gasteiger partial charge in [0.05, 0.1) is 17.0 Å². The van der Waals surface area contributed by atoms with Gasteiger partial charge in [0, 0.05) is 5.69 Å². The van der Waals surface area contributed by atoms with Gasteiger partial charge in [0.1, 0.15) is 11.3 Å². The minimum atomic E-state index is -0.637. The molecule has 5 heteroatoms. The Labute approximate surface area is 166 Å². The molecule has 5 nitrogen and oxygen atoms in total. The van der Waals surface area contributed by atoms with E-state index in [2.05, 4.69) is 0 Å². The number of nitrogens with zero attached hydrogens (tertiary/aromatic N) is 1. The lowest BCUT2D eigenvalue weighted by molar-refractivity contribution is 0.0971. The zero-order valence-corrected chi connectivity index (χ0v) is 15.6. The summed E-state index contributed by atoms with van der Waals surface area (Å²) < 4.78 is 5.94. The van der Waals surface area contributed by atoms with Gasteiger partial charge in [-0.25, -0.2) is 0 Å². The molecule has 2 heterocycles. The molecule has 29 heavy (non-hydrogen) atoms. The van der Waals surface area contributed by atoms with Crippen molar-refractivity contribution in [2.45, 2.75) is 13.0 Å². The van der Waals surface area contributed by atoms with E-state index in [0.717, 1.165) is 11.1 Å². The molecule has 1 atom stereocenters. The van der Waals surface area contributed by atoms with E-state index in [-0.39, 0.29) is 22.8 Å². The highest BCUT2D eigenvalue weighted by Gasteiger charge is 2.43. The summed E-state index contributed by atoms with van der Waals surface area (Å²) in [4.78, 5) is 28.4. The molecule has 1 N–H and O–H groups in total. The molecule has 1 aliphatic heterocycles. The number of anilines is 1. The van der Waals surface area contributed by atoms with Crippen LogP contribution in [0.3, 0.4) is 0 Å². The molecule has 1 amide bonds.